The second-order valence-corrected chi connectivity index (χ2v) is 13.3. The third-order valence-electron chi connectivity index (χ3n) is 10.5. The number of fused-ring (bicyclic) bond motifs is 9. The van der Waals surface area contributed by atoms with E-state index in [1.807, 2.05) is 12.1 Å². The molecule has 0 radical (unpaired) electrons. The van der Waals surface area contributed by atoms with Gasteiger partial charge in [-0.3, -0.25) is 0 Å². The summed E-state index contributed by atoms with van der Waals surface area (Å²) >= 11 is 0. The molecule has 238 valence electrons. The number of furan rings is 1. The highest BCUT2D eigenvalue weighted by Gasteiger charge is 2.18. The van der Waals surface area contributed by atoms with Crippen LogP contribution in [0.3, 0.4) is 0 Å². The minimum atomic E-state index is 0.919. The molecule has 0 saturated heterocycles. The summed E-state index contributed by atoms with van der Waals surface area (Å²) in [5.74, 6) is 0. The highest BCUT2D eigenvalue weighted by molar-refractivity contribution is 6.19. The lowest BCUT2D eigenvalue weighted by Crippen LogP contribution is -1.95. The van der Waals surface area contributed by atoms with Crippen LogP contribution in [0.15, 0.2) is 186 Å². The zero-order chi connectivity index (χ0) is 33.5. The number of aromatic nitrogens is 2. The first kappa shape index (κ1) is 28.0. The van der Waals surface area contributed by atoms with Gasteiger partial charge in [-0.05, 0) is 71.3 Å². The molecule has 0 aliphatic rings. The van der Waals surface area contributed by atoms with Gasteiger partial charge >= 0.3 is 0 Å². The molecule has 0 atom stereocenters. The lowest BCUT2D eigenvalue weighted by atomic mass is 9.98. The van der Waals surface area contributed by atoms with Crippen LogP contribution < -0.4 is 0 Å². The Bertz CT molecular complexity index is 3100. The quantitative estimate of drug-likeness (QED) is 0.186. The van der Waals surface area contributed by atoms with Crippen molar-refractivity contribution in [2.24, 2.45) is 0 Å². The van der Waals surface area contributed by atoms with E-state index in [9.17, 15) is 0 Å². The highest BCUT2D eigenvalue weighted by atomic mass is 16.3. The van der Waals surface area contributed by atoms with E-state index in [1.54, 1.807) is 0 Å². The molecule has 0 aliphatic carbocycles. The van der Waals surface area contributed by atoms with Gasteiger partial charge in [0.05, 0.1) is 22.1 Å². The fourth-order valence-electron chi connectivity index (χ4n) is 8.18. The van der Waals surface area contributed by atoms with Crippen molar-refractivity contribution in [3.63, 3.8) is 0 Å². The first-order valence-corrected chi connectivity index (χ1v) is 17.4. The molecule has 0 saturated carbocycles. The van der Waals surface area contributed by atoms with E-state index in [1.165, 1.54) is 54.7 Å². The Hall–Kier alpha value is -6.84. The van der Waals surface area contributed by atoms with Gasteiger partial charge in [-0.1, -0.05) is 127 Å². The topological polar surface area (TPSA) is 23.0 Å². The Morgan fingerprint density at radius 1 is 0.314 bits per heavy atom. The summed E-state index contributed by atoms with van der Waals surface area (Å²) in [6, 6.07) is 65.4. The molecule has 0 fully saturated rings. The minimum absolute atomic E-state index is 0.919. The highest BCUT2D eigenvalue weighted by Crippen LogP contribution is 2.40. The summed E-state index contributed by atoms with van der Waals surface area (Å²) in [6.07, 6.45) is 0. The molecule has 0 aliphatic heterocycles. The maximum absolute atomic E-state index is 6.33. The van der Waals surface area contributed by atoms with Crippen molar-refractivity contribution >= 4 is 65.6 Å². The number of rotatable bonds is 4. The van der Waals surface area contributed by atoms with E-state index in [0.717, 1.165) is 44.4 Å². The van der Waals surface area contributed by atoms with E-state index in [0.29, 0.717) is 0 Å². The summed E-state index contributed by atoms with van der Waals surface area (Å²) in [5.41, 5.74) is 13.6. The fraction of sp³-hybridized carbons (Fsp3) is 0. The van der Waals surface area contributed by atoms with Crippen molar-refractivity contribution in [1.29, 1.82) is 0 Å². The number of hydrogen-bond donors (Lipinski definition) is 0. The van der Waals surface area contributed by atoms with Crippen LogP contribution in [0.5, 0.6) is 0 Å². The average Bonchev–Trinajstić information content (AvgIpc) is 3.85. The first-order chi connectivity index (χ1) is 25.3. The van der Waals surface area contributed by atoms with Gasteiger partial charge in [-0.2, -0.15) is 0 Å². The van der Waals surface area contributed by atoms with Gasteiger partial charge in [0.15, 0.2) is 0 Å². The monoisotopic (exact) mass is 650 g/mol. The third kappa shape index (κ3) is 4.19. The zero-order valence-corrected chi connectivity index (χ0v) is 27.6. The predicted octanol–water partition coefficient (Wildman–Crippen LogP) is 13.1. The lowest BCUT2D eigenvalue weighted by Gasteiger charge is -2.11. The SMILES string of the molecule is c1ccc(-n2c3ccccc3c3cc4c5ccccc5n(-c5ccc(-c6ccc(-c7cccc8c7oc7ccccc78)cc6)cc5)c4cc32)cc1. The smallest absolute Gasteiger partial charge is 0.143 e. The Morgan fingerprint density at radius 3 is 1.49 bits per heavy atom. The summed E-state index contributed by atoms with van der Waals surface area (Å²) in [7, 11) is 0. The van der Waals surface area contributed by atoms with Crippen LogP contribution in [0, 0.1) is 0 Å². The molecule has 3 heterocycles. The van der Waals surface area contributed by atoms with E-state index in [-0.39, 0.29) is 0 Å². The second-order valence-electron chi connectivity index (χ2n) is 13.3. The molecule has 8 aromatic carbocycles. The lowest BCUT2D eigenvalue weighted by molar-refractivity contribution is 0.670. The molecule has 51 heavy (non-hydrogen) atoms. The first-order valence-electron chi connectivity index (χ1n) is 17.4. The average molecular weight is 651 g/mol. The molecule has 0 N–H and O–H groups in total. The van der Waals surface area contributed by atoms with Crippen LogP contribution in [-0.2, 0) is 0 Å². The van der Waals surface area contributed by atoms with Crippen molar-refractivity contribution in [1.82, 2.24) is 9.13 Å². The molecule has 3 nitrogen and oxygen atoms in total. The summed E-state index contributed by atoms with van der Waals surface area (Å²) in [4.78, 5) is 0. The normalized spacial score (nSPS) is 11.9. The van der Waals surface area contributed by atoms with Crippen LogP contribution in [0.1, 0.15) is 0 Å². The second kappa shape index (κ2) is 10.8. The van der Waals surface area contributed by atoms with E-state index >= 15 is 0 Å². The summed E-state index contributed by atoms with van der Waals surface area (Å²) < 4.78 is 11.1. The summed E-state index contributed by atoms with van der Waals surface area (Å²) in [6.45, 7) is 0. The Balaban J connectivity index is 1.03. The van der Waals surface area contributed by atoms with Crippen molar-refractivity contribution in [3.05, 3.63) is 182 Å². The van der Waals surface area contributed by atoms with Crippen LogP contribution in [-0.4, -0.2) is 9.13 Å². The minimum Gasteiger partial charge on any atom is -0.455 e. The van der Waals surface area contributed by atoms with Gasteiger partial charge in [0.2, 0.25) is 0 Å². The fourth-order valence-corrected chi connectivity index (χ4v) is 8.18. The zero-order valence-electron chi connectivity index (χ0n) is 27.6. The van der Waals surface area contributed by atoms with E-state index < -0.39 is 0 Å². The van der Waals surface area contributed by atoms with Gasteiger partial charge in [0, 0.05) is 49.3 Å². The third-order valence-corrected chi connectivity index (χ3v) is 10.5. The van der Waals surface area contributed by atoms with Gasteiger partial charge in [0.1, 0.15) is 11.2 Å². The molecule has 0 amide bonds. The van der Waals surface area contributed by atoms with Crippen molar-refractivity contribution < 1.29 is 4.42 Å². The molecule has 11 aromatic rings. The van der Waals surface area contributed by atoms with E-state index in [2.05, 4.69) is 179 Å². The Labute approximate surface area is 293 Å². The standard InChI is InChI=1S/C48H30N2O/c1-2-11-34(12-3-1)49-43-18-7-4-13-37(43)41-29-42-38-14-5-8-19-44(38)50(46(42)30-45(41)49)35-27-25-32(26-28-35)31-21-23-33(24-22-31)36-16-10-17-40-39-15-6-9-20-47(39)51-48(36)40/h1-30H. The van der Waals surface area contributed by atoms with Gasteiger partial charge in [-0.25, -0.2) is 0 Å². The Kier molecular flexibility index (Phi) is 5.96. The molecule has 3 heteroatoms. The van der Waals surface area contributed by atoms with Crippen LogP contribution in [0.2, 0.25) is 0 Å². The molecule has 0 bridgehead atoms. The van der Waals surface area contributed by atoms with Gasteiger partial charge in [0.25, 0.3) is 0 Å². The van der Waals surface area contributed by atoms with Crippen molar-refractivity contribution in [2.45, 2.75) is 0 Å². The molecule has 0 unspecified atom stereocenters. The number of benzene rings is 8. The molecular weight excluding hydrogens is 621 g/mol. The van der Waals surface area contributed by atoms with E-state index in [4.69, 9.17) is 4.42 Å². The molecular formula is C48H30N2O. The number of para-hydroxylation sites is 5. The maximum Gasteiger partial charge on any atom is 0.143 e. The van der Waals surface area contributed by atoms with Crippen molar-refractivity contribution in [3.8, 4) is 33.6 Å². The summed E-state index contributed by atoms with van der Waals surface area (Å²) in [5, 5.41) is 7.34. The van der Waals surface area contributed by atoms with Gasteiger partial charge < -0.3 is 13.6 Å². The van der Waals surface area contributed by atoms with Crippen LogP contribution in [0.4, 0.5) is 0 Å². The number of hydrogen-bond acceptors (Lipinski definition) is 1. The number of nitrogens with zero attached hydrogens (tertiary/aromatic N) is 2. The molecule has 0 spiro atoms. The molecule has 3 aromatic heterocycles. The van der Waals surface area contributed by atoms with Crippen LogP contribution in [0.25, 0.3) is 99.2 Å². The van der Waals surface area contributed by atoms with Gasteiger partial charge in [-0.15, -0.1) is 0 Å². The predicted molar refractivity (Wildman–Crippen MR) is 213 cm³/mol. The Morgan fingerprint density at radius 2 is 0.824 bits per heavy atom. The largest absolute Gasteiger partial charge is 0.455 e. The van der Waals surface area contributed by atoms with Crippen molar-refractivity contribution in [2.75, 3.05) is 0 Å². The van der Waals surface area contributed by atoms with Crippen LogP contribution >= 0.6 is 0 Å². The maximum atomic E-state index is 6.33. The molecule has 11 rings (SSSR count).